The van der Waals surface area contributed by atoms with Crippen LogP contribution in [0.5, 0.6) is 0 Å². The van der Waals surface area contributed by atoms with Gasteiger partial charge in [0.25, 0.3) is 0 Å². The molecule has 1 rings (SSSR count). The molecule has 0 radical (unpaired) electrons. The Balaban J connectivity index is 2.81. The molecule has 84 valence electrons. The molecule has 0 aliphatic heterocycles. The summed E-state index contributed by atoms with van der Waals surface area (Å²) in [6, 6.07) is 5.78. The molecular formula is C13H19ClO. The zero-order valence-corrected chi connectivity index (χ0v) is 10.4. The summed E-state index contributed by atoms with van der Waals surface area (Å²) < 4.78 is 0. The van der Waals surface area contributed by atoms with Crippen molar-refractivity contribution in [2.24, 2.45) is 5.92 Å². The highest BCUT2D eigenvalue weighted by Gasteiger charge is 2.15. The molecule has 2 heteroatoms. The van der Waals surface area contributed by atoms with Crippen molar-refractivity contribution in [3.63, 3.8) is 0 Å². The molecule has 2 atom stereocenters. The third-order valence-electron chi connectivity index (χ3n) is 2.82. The fraction of sp³-hybridized carbons (Fsp3) is 0.538. The van der Waals surface area contributed by atoms with Crippen molar-refractivity contribution < 1.29 is 5.11 Å². The second-order valence-corrected chi connectivity index (χ2v) is 4.63. The summed E-state index contributed by atoms with van der Waals surface area (Å²) in [5.74, 6) is 0.286. The van der Waals surface area contributed by atoms with Gasteiger partial charge in [-0.15, -0.1) is 0 Å². The van der Waals surface area contributed by atoms with Crippen LogP contribution < -0.4 is 0 Å². The molecule has 1 aromatic carbocycles. The second-order valence-electron chi connectivity index (χ2n) is 4.22. The maximum Gasteiger partial charge on any atom is 0.0816 e. The summed E-state index contributed by atoms with van der Waals surface area (Å²) in [4.78, 5) is 0. The van der Waals surface area contributed by atoms with Crippen molar-refractivity contribution in [3.05, 3.63) is 34.3 Å². The first-order valence-electron chi connectivity index (χ1n) is 5.50. The van der Waals surface area contributed by atoms with Crippen LogP contribution >= 0.6 is 11.6 Å². The van der Waals surface area contributed by atoms with Crippen LogP contribution in [0, 0.1) is 12.8 Å². The minimum absolute atomic E-state index is 0.286. The highest BCUT2D eigenvalue weighted by molar-refractivity contribution is 6.31. The number of rotatable bonds is 4. The Labute approximate surface area is 97.1 Å². The van der Waals surface area contributed by atoms with E-state index < -0.39 is 6.10 Å². The first-order valence-corrected chi connectivity index (χ1v) is 5.88. The Kier molecular flexibility index (Phi) is 4.62. The van der Waals surface area contributed by atoms with Crippen LogP contribution in [0.15, 0.2) is 18.2 Å². The summed E-state index contributed by atoms with van der Waals surface area (Å²) in [5, 5.41) is 10.8. The average Bonchev–Trinajstić information content (AvgIpc) is 2.21. The van der Waals surface area contributed by atoms with E-state index in [2.05, 4.69) is 13.8 Å². The Morgan fingerprint density at radius 3 is 2.60 bits per heavy atom. The third-order valence-corrected chi connectivity index (χ3v) is 3.23. The molecule has 1 nitrogen and oxygen atoms in total. The van der Waals surface area contributed by atoms with E-state index in [9.17, 15) is 5.11 Å². The van der Waals surface area contributed by atoms with Crippen LogP contribution in [0.4, 0.5) is 0 Å². The summed E-state index contributed by atoms with van der Waals surface area (Å²) in [6.45, 7) is 6.17. The Hall–Kier alpha value is -0.530. The van der Waals surface area contributed by atoms with Crippen LogP contribution in [-0.4, -0.2) is 5.11 Å². The molecule has 0 aromatic heterocycles. The zero-order valence-electron chi connectivity index (χ0n) is 9.63. The molecule has 0 spiro atoms. The molecule has 0 aliphatic rings. The normalized spacial score (nSPS) is 15.0. The molecule has 0 heterocycles. The van der Waals surface area contributed by atoms with E-state index in [1.54, 1.807) is 0 Å². The van der Waals surface area contributed by atoms with Crippen LogP contribution in [0.25, 0.3) is 0 Å². The Morgan fingerprint density at radius 1 is 1.40 bits per heavy atom. The van der Waals surface area contributed by atoms with Crippen molar-refractivity contribution in [2.75, 3.05) is 0 Å². The first kappa shape index (κ1) is 12.5. The van der Waals surface area contributed by atoms with Gasteiger partial charge in [0.2, 0.25) is 0 Å². The van der Waals surface area contributed by atoms with Gasteiger partial charge in [0.1, 0.15) is 0 Å². The standard InChI is InChI=1S/C13H19ClO/c1-4-5-10(3)13(15)11-7-6-9(2)12(14)8-11/h6-8,10,13,15H,4-5H2,1-3H3. The van der Waals surface area contributed by atoms with E-state index in [0.29, 0.717) is 0 Å². The van der Waals surface area contributed by atoms with E-state index in [1.807, 2.05) is 25.1 Å². The van der Waals surface area contributed by atoms with Gasteiger partial charge in [0.05, 0.1) is 6.10 Å². The number of aliphatic hydroxyl groups excluding tert-OH is 1. The van der Waals surface area contributed by atoms with Gasteiger partial charge in [-0.1, -0.05) is 44.0 Å². The van der Waals surface area contributed by atoms with E-state index in [1.165, 1.54) is 0 Å². The lowest BCUT2D eigenvalue weighted by Gasteiger charge is -2.19. The summed E-state index contributed by atoms with van der Waals surface area (Å²) in [6.07, 6.45) is 1.73. The first-order chi connectivity index (χ1) is 7.06. The van der Waals surface area contributed by atoms with Crippen molar-refractivity contribution >= 4 is 11.6 Å². The predicted octanol–water partition coefficient (Wildman–Crippen LogP) is 4.12. The van der Waals surface area contributed by atoms with Gasteiger partial charge in [-0.05, 0) is 36.5 Å². The molecule has 15 heavy (non-hydrogen) atoms. The molecule has 0 aliphatic carbocycles. The molecule has 1 aromatic rings. The van der Waals surface area contributed by atoms with Gasteiger partial charge in [0.15, 0.2) is 0 Å². The molecule has 0 saturated heterocycles. The van der Waals surface area contributed by atoms with Crippen LogP contribution in [0.3, 0.4) is 0 Å². The highest BCUT2D eigenvalue weighted by atomic mass is 35.5. The number of halogens is 1. The third kappa shape index (κ3) is 3.22. The van der Waals surface area contributed by atoms with Gasteiger partial charge in [-0.3, -0.25) is 0 Å². The summed E-state index contributed by atoms with van der Waals surface area (Å²) >= 11 is 6.03. The fourth-order valence-corrected chi connectivity index (χ4v) is 1.92. The van der Waals surface area contributed by atoms with Crippen molar-refractivity contribution in [1.82, 2.24) is 0 Å². The minimum Gasteiger partial charge on any atom is -0.388 e. The summed E-state index contributed by atoms with van der Waals surface area (Å²) in [7, 11) is 0. The van der Waals surface area contributed by atoms with E-state index in [0.717, 1.165) is 29.0 Å². The van der Waals surface area contributed by atoms with Crippen molar-refractivity contribution in [1.29, 1.82) is 0 Å². The monoisotopic (exact) mass is 226 g/mol. The minimum atomic E-state index is -0.400. The number of benzene rings is 1. The second kappa shape index (κ2) is 5.53. The van der Waals surface area contributed by atoms with Crippen molar-refractivity contribution in [2.45, 2.75) is 39.7 Å². The van der Waals surface area contributed by atoms with Crippen LogP contribution in [0.2, 0.25) is 5.02 Å². The van der Waals surface area contributed by atoms with Gasteiger partial charge >= 0.3 is 0 Å². The smallest absolute Gasteiger partial charge is 0.0816 e. The largest absolute Gasteiger partial charge is 0.388 e. The lowest BCUT2D eigenvalue weighted by Crippen LogP contribution is -2.08. The van der Waals surface area contributed by atoms with E-state index in [-0.39, 0.29) is 5.92 Å². The lowest BCUT2D eigenvalue weighted by atomic mass is 9.93. The molecular weight excluding hydrogens is 208 g/mol. The SMILES string of the molecule is CCCC(C)C(O)c1ccc(C)c(Cl)c1. The highest BCUT2D eigenvalue weighted by Crippen LogP contribution is 2.28. The van der Waals surface area contributed by atoms with Crippen molar-refractivity contribution in [3.8, 4) is 0 Å². The van der Waals surface area contributed by atoms with Gasteiger partial charge < -0.3 is 5.11 Å². The summed E-state index contributed by atoms with van der Waals surface area (Å²) in [5.41, 5.74) is 1.97. The number of hydrogen-bond acceptors (Lipinski definition) is 1. The molecule has 0 bridgehead atoms. The zero-order chi connectivity index (χ0) is 11.4. The van der Waals surface area contributed by atoms with E-state index >= 15 is 0 Å². The topological polar surface area (TPSA) is 20.2 Å². The maximum atomic E-state index is 10.1. The van der Waals surface area contributed by atoms with Gasteiger partial charge in [0, 0.05) is 5.02 Å². The predicted molar refractivity (Wildman–Crippen MR) is 65.2 cm³/mol. The molecule has 1 N–H and O–H groups in total. The fourth-order valence-electron chi connectivity index (χ4n) is 1.73. The number of aliphatic hydroxyl groups is 1. The van der Waals surface area contributed by atoms with Gasteiger partial charge in [-0.25, -0.2) is 0 Å². The molecule has 0 saturated carbocycles. The maximum absolute atomic E-state index is 10.1. The number of aryl methyl sites for hydroxylation is 1. The molecule has 0 fully saturated rings. The lowest BCUT2D eigenvalue weighted by molar-refractivity contribution is 0.112. The molecule has 0 amide bonds. The van der Waals surface area contributed by atoms with Crippen LogP contribution in [-0.2, 0) is 0 Å². The molecule has 2 unspecified atom stereocenters. The quantitative estimate of drug-likeness (QED) is 0.819. The van der Waals surface area contributed by atoms with E-state index in [4.69, 9.17) is 11.6 Å². The van der Waals surface area contributed by atoms with Gasteiger partial charge in [-0.2, -0.15) is 0 Å². The number of hydrogen-bond donors (Lipinski definition) is 1. The van der Waals surface area contributed by atoms with Crippen LogP contribution in [0.1, 0.15) is 43.9 Å². The Bertz CT molecular complexity index is 322. The Morgan fingerprint density at radius 2 is 2.07 bits per heavy atom. The average molecular weight is 227 g/mol.